The molecule has 78 valence electrons. The van der Waals surface area contributed by atoms with Gasteiger partial charge < -0.3 is 5.11 Å². The highest BCUT2D eigenvalue weighted by atomic mass is 79.9. The molecule has 0 bridgehead atoms. The van der Waals surface area contributed by atoms with Crippen molar-refractivity contribution in [3.05, 3.63) is 42.6 Å². The fraction of sp³-hybridized carbons (Fsp3) is 0.250. The van der Waals surface area contributed by atoms with E-state index in [1.807, 2.05) is 24.4 Å². The molecule has 1 aromatic heterocycles. The molecule has 0 amide bonds. The number of hydrogen-bond donors (Lipinski definition) is 1. The largest absolute Gasteiger partial charge is 0.386 e. The first-order valence-corrected chi connectivity index (χ1v) is 6.04. The number of halogens is 1. The van der Waals surface area contributed by atoms with Crippen LogP contribution in [0.3, 0.4) is 0 Å². The van der Waals surface area contributed by atoms with E-state index in [9.17, 15) is 5.11 Å². The zero-order valence-corrected chi connectivity index (χ0v) is 9.89. The van der Waals surface area contributed by atoms with Gasteiger partial charge in [-0.2, -0.15) is 4.57 Å². The van der Waals surface area contributed by atoms with E-state index in [0.29, 0.717) is 11.9 Å². The van der Waals surface area contributed by atoms with Crippen LogP contribution in [0.4, 0.5) is 0 Å². The molecule has 0 aliphatic rings. The van der Waals surface area contributed by atoms with Gasteiger partial charge in [0, 0.05) is 22.8 Å². The number of aliphatic hydroxyl groups excluding tert-OH is 1. The quantitative estimate of drug-likeness (QED) is 0.666. The predicted octanol–water partition coefficient (Wildman–Crippen LogP) is 1.88. The van der Waals surface area contributed by atoms with Crippen molar-refractivity contribution in [3.63, 3.8) is 0 Å². The monoisotopic (exact) mass is 266 g/mol. The summed E-state index contributed by atoms with van der Waals surface area (Å²) < 4.78 is 2.07. The van der Waals surface area contributed by atoms with Gasteiger partial charge in [0.15, 0.2) is 12.7 Å². The summed E-state index contributed by atoms with van der Waals surface area (Å²) in [6, 6.07) is 12.3. The normalized spacial score (nSPS) is 12.9. The average Bonchev–Trinajstić information content (AvgIpc) is 2.29. The molecule has 1 N–H and O–H groups in total. The molecule has 2 rings (SSSR count). The summed E-state index contributed by atoms with van der Waals surface area (Å²) in [6.45, 7) is 0.618. The molecule has 1 atom stereocenters. The highest BCUT2D eigenvalue weighted by molar-refractivity contribution is 9.09. The molecule has 0 unspecified atom stereocenters. The Balaban J connectivity index is 2.42. The van der Waals surface area contributed by atoms with Gasteiger partial charge in [-0.05, 0) is 12.1 Å². The molecule has 2 aromatic rings. The van der Waals surface area contributed by atoms with Crippen LogP contribution in [0.25, 0.3) is 10.9 Å². The molecule has 0 radical (unpaired) electrons. The van der Waals surface area contributed by atoms with E-state index in [-0.39, 0.29) is 6.10 Å². The molecular formula is C12H13BrNO+. The minimum atomic E-state index is -0.346. The average molecular weight is 267 g/mol. The van der Waals surface area contributed by atoms with Crippen LogP contribution in [0.15, 0.2) is 42.6 Å². The molecule has 3 heteroatoms. The number of nitrogens with zero attached hydrogens (tertiary/aromatic N) is 1. The van der Waals surface area contributed by atoms with Crippen molar-refractivity contribution >= 4 is 26.8 Å². The maximum atomic E-state index is 9.60. The van der Waals surface area contributed by atoms with Gasteiger partial charge in [0.1, 0.15) is 6.10 Å². The van der Waals surface area contributed by atoms with Gasteiger partial charge in [0.05, 0.1) is 0 Å². The summed E-state index contributed by atoms with van der Waals surface area (Å²) in [6.07, 6.45) is 1.65. The summed E-state index contributed by atoms with van der Waals surface area (Å²) in [5, 5.41) is 11.4. The summed E-state index contributed by atoms with van der Waals surface area (Å²) in [5.41, 5.74) is 1.15. The van der Waals surface area contributed by atoms with Crippen molar-refractivity contribution in [2.24, 2.45) is 0 Å². The lowest BCUT2D eigenvalue weighted by atomic mass is 10.2. The first-order valence-electron chi connectivity index (χ1n) is 4.92. The van der Waals surface area contributed by atoms with Gasteiger partial charge in [0.25, 0.3) is 0 Å². The molecule has 0 saturated heterocycles. The number of fused-ring (bicyclic) bond motifs is 1. The number of hydrogen-bond acceptors (Lipinski definition) is 1. The van der Waals surface area contributed by atoms with Crippen LogP contribution in [0.2, 0.25) is 0 Å². The van der Waals surface area contributed by atoms with E-state index >= 15 is 0 Å². The number of aromatic nitrogens is 1. The third-order valence-electron chi connectivity index (χ3n) is 2.37. The lowest BCUT2D eigenvalue weighted by Crippen LogP contribution is -2.40. The molecule has 0 spiro atoms. The molecule has 0 aliphatic carbocycles. The van der Waals surface area contributed by atoms with E-state index in [0.717, 1.165) is 5.52 Å². The zero-order chi connectivity index (χ0) is 10.7. The third-order valence-corrected chi connectivity index (χ3v) is 3.12. The first-order chi connectivity index (χ1) is 7.31. The number of pyridine rings is 1. The summed E-state index contributed by atoms with van der Waals surface area (Å²) in [4.78, 5) is 0. The third kappa shape index (κ3) is 2.36. The highest BCUT2D eigenvalue weighted by Crippen LogP contribution is 2.08. The van der Waals surface area contributed by atoms with Gasteiger partial charge in [0.2, 0.25) is 5.52 Å². The molecule has 0 fully saturated rings. The van der Waals surface area contributed by atoms with Crippen LogP contribution < -0.4 is 4.57 Å². The Morgan fingerprint density at radius 1 is 1.20 bits per heavy atom. The minimum Gasteiger partial charge on any atom is -0.386 e. The van der Waals surface area contributed by atoms with Gasteiger partial charge in [-0.1, -0.05) is 28.1 Å². The van der Waals surface area contributed by atoms with E-state index in [1.165, 1.54) is 5.39 Å². The Bertz CT molecular complexity index is 453. The molecule has 0 aliphatic heterocycles. The summed E-state index contributed by atoms with van der Waals surface area (Å²) in [5.74, 6) is 0. The minimum absolute atomic E-state index is 0.346. The van der Waals surface area contributed by atoms with E-state index in [2.05, 4.69) is 38.7 Å². The number of aliphatic hydroxyl groups is 1. The maximum Gasteiger partial charge on any atom is 0.212 e. The number of benzene rings is 1. The number of para-hydroxylation sites is 1. The number of rotatable bonds is 3. The second-order valence-electron chi connectivity index (χ2n) is 3.53. The van der Waals surface area contributed by atoms with Crippen LogP contribution in [0.1, 0.15) is 0 Å². The van der Waals surface area contributed by atoms with Crippen LogP contribution >= 0.6 is 15.9 Å². The molecule has 1 aromatic carbocycles. The second kappa shape index (κ2) is 4.73. The molecule has 0 saturated carbocycles. The van der Waals surface area contributed by atoms with Gasteiger partial charge in [-0.3, -0.25) is 0 Å². The lowest BCUT2D eigenvalue weighted by Gasteiger charge is -2.04. The van der Waals surface area contributed by atoms with Gasteiger partial charge in [-0.15, -0.1) is 0 Å². The van der Waals surface area contributed by atoms with Gasteiger partial charge in [-0.25, -0.2) is 0 Å². The van der Waals surface area contributed by atoms with Crippen LogP contribution in [0, 0.1) is 0 Å². The molecule has 2 nitrogen and oxygen atoms in total. The molecule has 1 heterocycles. The SMILES string of the molecule is O[C@@H](CBr)C[n+]1cccc2ccccc21. The van der Waals surface area contributed by atoms with Gasteiger partial charge >= 0.3 is 0 Å². The first kappa shape index (κ1) is 10.6. The van der Waals surface area contributed by atoms with Crippen molar-refractivity contribution in [1.82, 2.24) is 0 Å². The molecule has 15 heavy (non-hydrogen) atoms. The summed E-state index contributed by atoms with van der Waals surface area (Å²) in [7, 11) is 0. The van der Waals surface area contributed by atoms with Crippen molar-refractivity contribution in [2.75, 3.05) is 5.33 Å². The van der Waals surface area contributed by atoms with E-state index in [4.69, 9.17) is 0 Å². The smallest absolute Gasteiger partial charge is 0.212 e. The van der Waals surface area contributed by atoms with E-state index in [1.54, 1.807) is 0 Å². The van der Waals surface area contributed by atoms with Crippen molar-refractivity contribution in [3.8, 4) is 0 Å². The Kier molecular flexibility index (Phi) is 3.34. The lowest BCUT2D eigenvalue weighted by molar-refractivity contribution is -0.677. The zero-order valence-electron chi connectivity index (χ0n) is 8.31. The Hall–Kier alpha value is -0.930. The van der Waals surface area contributed by atoms with E-state index < -0.39 is 0 Å². The van der Waals surface area contributed by atoms with Crippen molar-refractivity contribution in [1.29, 1.82) is 0 Å². The van der Waals surface area contributed by atoms with Crippen LogP contribution in [0.5, 0.6) is 0 Å². The number of alkyl halides is 1. The molecular weight excluding hydrogens is 254 g/mol. The van der Waals surface area contributed by atoms with Crippen LogP contribution in [-0.2, 0) is 6.54 Å². The van der Waals surface area contributed by atoms with Crippen LogP contribution in [-0.4, -0.2) is 16.5 Å². The topological polar surface area (TPSA) is 24.1 Å². The second-order valence-corrected chi connectivity index (χ2v) is 4.17. The summed E-state index contributed by atoms with van der Waals surface area (Å²) >= 11 is 3.27. The maximum absolute atomic E-state index is 9.60. The Morgan fingerprint density at radius 3 is 2.73 bits per heavy atom. The fourth-order valence-corrected chi connectivity index (χ4v) is 1.86. The van der Waals surface area contributed by atoms with Crippen molar-refractivity contribution in [2.45, 2.75) is 12.6 Å². The Labute approximate surface area is 97.3 Å². The fourth-order valence-electron chi connectivity index (χ4n) is 1.66. The predicted molar refractivity (Wildman–Crippen MR) is 63.9 cm³/mol. The Morgan fingerprint density at radius 2 is 1.93 bits per heavy atom. The highest BCUT2D eigenvalue weighted by Gasteiger charge is 2.12. The standard InChI is InChI=1S/C12H13BrNO/c13-8-11(15)9-14-7-3-5-10-4-1-2-6-12(10)14/h1-7,11,15H,8-9H2/q+1/t11-/m0/s1. The van der Waals surface area contributed by atoms with Crippen molar-refractivity contribution < 1.29 is 9.67 Å².